The lowest BCUT2D eigenvalue weighted by molar-refractivity contribution is -0.132. The normalized spacial score (nSPS) is 26.0. The van der Waals surface area contributed by atoms with Gasteiger partial charge in [0.15, 0.2) is 6.10 Å². The molecular formula is C21H23ClN2O3. The average Bonchev–Trinajstić information content (AvgIpc) is 2.65. The van der Waals surface area contributed by atoms with Gasteiger partial charge in [0.2, 0.25) is 0 Å². The number of fused-ring (bicyclic) bond motifs is 1. The number of hydrogen-bond acceptors (Lipinski definition) is 4. The highest BCUT2D eigenvalue weighted by Gasteiger charge is 2.45. The number of amides is 1. The Hall–Kier alpha value is -2.37. The molecule has 27 heavy (non-hydrogen) atoms. The van der Waals surface area contributed by atoms with Gasteiger partial charge in [-0.05, 0) is 30.0 Å². The molecule has 1 unspecified atom stereocenters. The zero-order valence-corrected chi connectivity index (χ0v) is 15.7. The second-order valence-corrected chi connectivity index (χ2v) is 7.22. The minimum absolute atomic E-state index is 0. The zero-order chi connectivity index (χ0) is 18.1. The van der Waals surface area contributed by atoms with Gasteiger partial charge >= 0.3 is 5.97 Å². The van der Waals surface area contributed by atoms with Crippen LogP contribution >= 0.6 is 12.4 Å². The standard InChI is InChI=1S/C21H22N2O3.ClH/c22-13-21(15-7-2-1-3-8-15)11-16(12-21)23-19(24)18-10-14-6-4-5-9-17(14)20(25)26-18;/h1-9,16,18H,10-13,22H2,(H,23,24);1H. The fourth-order valence-corrected chi connectivity index (χ4v) is 4.07. The van der Waals surface area contributed by atoms with Crippen LogP contribution in [-0.4, -0.2) is 30.6 Å². The number of nitrogens with two attached hydrogens (primary N) is 1. The number of rotatable bonds is 4. The van der Waals surface area contributed by atoms with Gasteiger partial charge in [-0.2, -0.15) is 0 Å². The van der Waals surface area contributed by atoms with Gasteiger partial charge in [0, 0.05) is 24.4 Å². The number of carbonyl (C=O) groups excluding carboxylic acids is 2. The maximum absolute atomic E-state index is 12.6. The number of cyclic esters (lactones) is 1. The van der Waals surface area contributed by atoms with Gasteiger partial charge in [0.1, 0.15) is 0 Å². The molecule has 142 valence electrons. The lowest BCUT2D eigenvalue weighted by Gasteiger charge is -2.48. The monoisotopic (exact) mass is 386 g/mol. The molecule has 3 N–H and O–H groups in total. The van der Waals surface area contributed by atoms with Crippen molar-refractivity contribution in [2.24, 2.45) is 5.73 Å². The Morgan fingerprint density at radius 2 is 1.78 bits per heavy atom. The maximum atomic E-state index is 12.6. The maximum Gasteiger partial charge on any atom is 0.339 e. The molecule has 1 amide bonds. The molecule has 2 aromatic carbocycles. The van der Waals surface area contributed by atoms with Crippen LogP contribution < -0.4 is 11.1 Å². The third-order valence-electron chi connectivity index (χ3n) is 5.58. The molecule has 1 fully saturated rings. The molecule has 0 saturated heterocycles. The molecule has 0 bridgehead atoms. The molecule has 1 aliphatic carbocycles. The van der Waals surface area contributed by atoms with Crippen LogP contribution in [0.5, 0.6) is 0 Å². The van der Waals surface area contributed by atoms with E-state index in [4.69, 9.17) is 10.5 Å². The Labute approximate surface area is 164 Å². The molecular weight excluding hydrogens is 364 g/mol. The molecule has 2 aliphatic rings. The Morgan fingerprint density at radius 3 is 2.48 bits per heavy atom. The summed E-state index contributed by atoms with van der Waals surface area (Å²) >= 11 is 0. The number of hydrogen-bond donors (Lipinski definition) is 2. The van der Waals surface area contributed by atoms with Crippen LogP contribution in [0.4, 0.5) is 0 Å². The fraction of sp³-hybridized carbons (Fsp3) is 0.333. The summed E-state index contributed by atoms with van der Waals surface area (Å²) in [5, 5.41) is 3.02. The molecule has 5 nitrogen and oxygen atoms in total. The predicted molar refractivity (Wildman–Crippen MR) is 105 cm³/mol. The first kappa shape index (κ1) is 19.4. The molecule has 0 aromatic heterocycles. The lowest BCUT2D eigenvalue weighted by Crippen LogP contribution is -2.58. The average molecular weight is 387 g/mol. The molecule has 6 heteroatoms. The second-order valence-electron chi connectivity index (χ2n) is 7.22. The van der Waals surface area contributed by atoms with Crippen LogP contribution in [-0.2, 0) is 21.4 Å². The van der Waals surface area contributed by atoms with Gasteiger partial charge in [0.25, 0.3) is 5.91 Å². The Kier molecular flexibility index (Phi) is 5.53. The van der Waals surface area contributed by atoms with Crippen LogP contribution in [0.25, 0.3) is 0 Å². The zero-order valence-electron chi connectivity index (χ0n) is 14.9. The minimum atomic E-state index is -0.762. The Morgan fingerprint density at radius 1 is 1.11 bits per heavy atom. The summed E-state index contributed by atoms with van der Waals surface area (Å²) in [6, 6.07) is 17.5. The van der Waals surface area contributed by atoms with E-state index < -0.39 is 12.1 Å². The summed E-state index contributed by atoms with van der Waals surface area (Å²) in [5.74, 6) is -0.655. The quantitative estimate of drug-likeness (QED) is 0.790. The minimum Gasteiger partial charge on any atom is -0.448 e. The van der Waals surface area contributed by atoms with Crippen LogP contribution in [0.1, 0.15) is 34.3 Å². The number of nitrogens with one attached hydrogen (secondary N) is 1. The first-order valence-electron chi connectivity index (χ1n) is 8.96. The molecule has 1 saturated carbocycles. The van der Waals surface area contributed by atoms with Crippen molar-refractivity contribution in [3.8, 4) is 0 Å². The van der Waals surface area contributed by atoms with Crippen molar-refractivity contribution in [3.63, 3.8) is 0 Å². The molecule has 1 heterocycles. The summed E-state index contributed by atoms with van der Waals surface area (Å²) in [6.07, 6.45) is 1.26. The molecule has 0 spiro atoms. The van der Waals surface area contributed by atoms with Crippen molar-refractivity contribution in [1.29, 1.82) is 0 Å². The molecule has 4 rings (SSSR count). The topological polar surface area (TPSA) is 81.4 Å². The highest BCUT2D eigenvalue weighted by atomic mass is 35.5. The highest BCUT2D eigenvalue weighted by Crippen LogP contribution is 2.43. The predicted octanol–water partition coefficient (Wildman–Crippen LogP) is 2.37. The lowest BCUT2D eigenvalue weighted by atomic mass is 9.61. The summed E-state index contributed by atoms with van der Waals surface area (Å²) in [5.41, 5.74) is 8.57. The summed E-state index contributed by atoms with van der Waals surface area (Å²) in [4.78, 5) is 24.7. The van der Waals surface area contributed by atoms with Crippen LogP contribution in [0, 0.1) is 0 Å². The van der Waals surface area contributed by atoms with Crippen molar-refractivity contribution in [2.75, 3.05) is 6.54 Å². The third kappa shape index (κ3) is 3.57. The van der Waals surface area contributed by atoms with E-state index in [0.717, 1.165) is 18.4 Å². The van der Waals surface area contributed by atoms with E-state index >= 15 is 0 Å². The van der Waals surface area contributed by atoms with Crippen LogP contribution in [0.3, 0.4) is 0 Å². The summed E-state index contributed by atoms with van der Waals surface area (Å²) in [6.45, 7) is 0.551. The van der Waals surface area contributed by atoms with Gasteiger partial charge in [-0.3, -0.25) is 4.79 Å². The van der Waals surface area contributed by atoms with Gasteiger partial charge in [0.05, 0.1) is 5.56 Å². The number of halogens is 1. The SMILES string of the molecule is Cl.NCC1(c2ccccc2)CC(NC(=O)C2Cc3ccccc3C(=O)O2)C1. The molecule has 1 aliphatic heterocycles. The van der Waals surface area contributed by atoms with E-state index in [1.54, 1.807) is 12.1 Å². The van der Waals surface area contributed by atoms with E-state index in [1.807, 2.05) is 30.3 Å². The van der Waals surface area contributed by atoms with Crippen molar-refractivity contribution >= 4 is 24.3 Å². The smallest absolute Gasteiger partial charge is 0.339 e. The van der Waals surface area contributed by atoms with Gasteiger partial charge in [-0.25, -0.2) is 4.79 Å². The first-order valence-corrected chi connectivity index (χ1v) is 8.96. The van der Waals surface area contributed by atoms with E-state index in [-0.39, 0.29) is 29.8 Å². The number of ether oxygens (including phenoxy) is 1. The third-order valence-corrected chi connectivity index (χ3v) is 5.58. The van der Waals surface area contributed by atoms with Crippen LogP contribution in [0.15, 0.2) is 54.6 Å². The van der Waals surface area contributed by atoms with E-state index in [9.17, 15) is 9.59 Å². The van der Waals surface area contributed by atoms with E-state index in [2.05, 4.69) is 17.4 Å². The van der Waals surface area contributed by atoms with E-state index in [1.165, 1.54) is 5.56 Å². The van der Waals surface area contributed by atoms with Gasteiger partial charge in [-0.15, -0.1) is 12.4 Å². The fourth-order valence-electron chi connectivity index (χ4n) is 4.07. The number of esters is 1. The number of benzene rings is 2. The Balaban J connectivity index is 0.00000210. The van der Waals surface area contributed by atoms with Crippen molar-refractivity contribution < 1.29 is 14.3 Å². The molecule has 1 atom stereocenters. The molecule has 2 aromatic rings. The van der Waals surface area contributed by atoms with Crippen molar-refractivity contribution in [3.05, 3.63) is 71.3 Å². The van der Waals surface area contributed by atoms with E-state index in [0.29, 0.717) is 18.5 Å². The summed E-state index contributed by atoms with van der Waals surface area (Å²) in [7, 11) is 0. The van der Waals surface area contributed by atoms with Gasteiger partial charge < -0.3 is 15.8 Å². The van der Waals surface area contributed by atoms with Crippen molar-refractivity contribution in [1.82, 2.24) is 5.32 Å². The Bertz CT molecular complexity index is 834. The second kappa shape index (κ2) is 7.71. The van der Waals surface area contributed by atoms with Crippen LogP contribution in [0.2, 0.25) is 0 Å². The van der Waals surface area contributed by atoms with Gasteiger partial charge in [-0.1, -0.05) is 48.5 Å². The van der Waals surface area contributed by atoms with Crippen molar-refractivity contribution in [2.45, 2.75) is 36.8 Å². The highest BCUT2D eigenvalue weighted by molar-refractivity contribution is 5.95. The number of carbonyl (C=O) groups is 2. The summed E-state index contributed by atoms with van der Waals surface area (Å²) < 4.78 is 5.33. The first-order chi connectivity index (χ1) is 12.6. The largest absolute Gasteiger partial charge is 0.448 e. The molecule has 0 radical (unpaired) electrons.